The number of hydrazine groups is 1. The normalized spacial score (nSPS) is 10.4. The molecule has 0 unspecified atom stereocenters. The number of halogens is 1. The quantitative estimate of drug-likeness (QED) is 0.557. The van der Waals surface area contributed by atoms with Crippen molar-refractivity contribution in [3.63, 3.8) is 0 Å². The summed E-state index contributed by atoms with van der Waals surface area (Å²) in [5.41, 5.74) is 6.37. The van der Waals surface area contributed by atoms with Crippen LogP contribution in [0.25, 0.3) is 6.08 Å². The second-order valence-corrected chi connectivity index (χ2v) is 5.74. The highest BCUT2D eigenvalue weighted by atomic mass is 35.5. The standard InChI is InChI=1S/C19H18ClN3O3/c1-2-17(24)21-16-10-6-14(7-11-16)19(26)23-22-18(25)12-5-13-3-8-15(20)9-4-13/h3-12H,2H2,1H3,(H,21,24)(H,22,25)(H,23,26)/b12-5+. The molecule has 0 spiro atoms. The maximum Gasteiger partial charge on any atom is 0.269 e. The van der Waals surface area contributed by atoms with Gasteiger partial charge in [-0.3, -0.25) is 25.2 Å². The molecule has 0 radical (unpaired) electrons. The van der Waals surface area contributed by atoms with Crippen molar-refractivity contribution >= 4 is 41.1 Å². The largest absolute Gasteiger partial charge is 0.326 e. The van der Waals surface area contributed by atoms with Crippen molar-refractivity contribution in [3.8, 4) is 0 Å². The zero-order valence-corrected chi connectivity index (χ0v) is 14.8. The van der Waals surface area contributed by atoms with Gasteiger partial charge in [0.15, 0.2) is 0 Å². The summed E-state index contributed by atoms with van der Waals surface area (Å²) < 4.78 is 0. The van der Waals surface area contributed by atoms with E-state index < -0.39 is 11.8 Å². The molecule has 0 aromatic heterocycles. The van der Waals surface area contributed by atoms with Crippen molar-refractivity contribution in [2.45, 2.75) is 13.3 Å². The van der Waals surface area contributed by atoms with Crippen LogP contribution in [0.5, 0.6) is 0 Å². The highest BCUT2D eigenvalue weighted by molar-refractivity contribution is 6.30. The first kappa shape index (κ1) is 19.2. The maximum atomic E-state index is 12.0. The predicted octanol–water partition coefficient (Wildman–Crippen LogP) is 3.16. The van der Waals surface area contributed by atoms with E-state index in [4.69, 9.17) is 11.6 Å². The van der Waals surface area contributed by atoms with Crippen LogP contribution >= 0.6 is 11.6 Å². The zero-order chi connectivity index (χ0) is 18.9. The second-order valence-electron chi connectivity index (χ2n) is 5.31. The molecule has 134 valence electrons. The van der Waals surface area contributed by atoms with Crippen LogP contribution in [0.3, 0.4) is 0 Å². The molecule has 7 heteroatoms. The molecular weight excluding hydrogens is 354 g/mol. The molecule has 0 saturated carbocycles. The van der Waals surface area contributed by atoms with Crippen LogP contribution in [0.4, 0.5) is 5.69 Å². The Morgan fingerprint density at radius 3 is 2.23 bits per heavy atom. The number of carbonyl (C=O) groups is 3. The fourth-order valence-electron chi connectivity index (χ4n) is 1.93. The monoisotopic (exact) mass is 371 g/mol. The van der Waals surface area contributed by atoms with E-state index in [1.54, 1.807) is 61.5 Å². The van der Waals surface area contributed by atoms with Gasteiger partial charge in [0.2, 0.25) is 5.91 Å². The summed E-state index contributed by atoms with van der Waals surface area (Å²) in [4.78, 5) is 35.0. The van der Waals surface area contributed by atoms with Gasteiger partial charge >= 0.3 is 0 Å². The fraction of sp³-hybridized carbons (Fsp3) is 0.105. The van der Waals surface area contributed by atoms with Crippen LogP contribution in [0, 0.1) is 0 Å². The molecule has 0 bridgehead atoms. The van der Waals surface area contributed by atoms with Gasteiger partial charge in [-0.15, -0.1) is 0 Å². The summed E-state index contributed by atoms with van der Waals surface area (Å²) in [7, 11) is 0. The first-order valence-electron chi connectivity index (χ1n) is 7.92. The van der Waals surface area contributed by atoms with Crippen molar-refractivity contribution in [3.05, 3.63) is 70.8 Å². The van der Waals surface area contributed by atoms with Crippen molar-refractivity contribution in [2.24, 2.45) is 0 Å². The summed E-state index contributed by atoms with van der Waals surface area (Å²) >= 11 is 5.79. The van der Waals surface area contributed by atoms with Crippen LogP contribution in [-0.2, 0) is 9.59 Å². The first-order valence-corrected chi connectivity index (χ1v) is 8.29. The highest BCUT2D eigenvalue weighted by Crippen LogP contribution is 2.11. The molecule has 0 fully saturated rings. The van der Waals surface area contributed by atoms with Crippen LogP contribution in [0.2, 0.25) is 5.02 Å². The summed E-state index contributed by atoms with van der Waals surface area (Å²) in [5.74, 6) is -1.05. The molecule has 0 saturated heterocycles. The number of carbonyl (C=O) groups excluding carboxylic acids is 3. The van der Waals surface area contributed by atoms with Gasteiger partial charge in [-0.25, -0.2) is 0 Å². The smallest absolute Gasteiger partial charge is 0.269 e. The third-order valence-electron chi connectivity index (χ3n) is 3.35. The predicted molar refractivity (Wildman–Crippen MR) is 101 cm³/mol. The number of hydrogen-bond acceptors (Lipinski definition) is 3. The van der Waals surface area contributed by atoms with Crippen molar-refractivity contribution in [1.29, 1.82) is 0 Å². The van der Waals surface area contributed by atoms with E-state index in [2.05, 4.69) is 16.2 Å². The minimum Gasteiger partial charge on any atom is -0.326 e. The second kappa shape index (κ2) is 9.39. The molecular formula is C19H18ClN3O3. The van der Waals surface area contributed by atoms with Gasteiger partial charge in [-0.1, -0.05) is 30.7 Å². The average Bonchev–Trinajstić information content (AvgIpc) is 2.66. The molecule has 0 atom stereocenters. The number of anilines is 1. The van der Waals surface area contributed by atoms with E-state index in [1.165, 1.54) is 6.08 Å². The van der Waals surface area contributed by atoms with E-state index in [0.29, 0.717) is 22.7 Å². The molecule has 0 heterocycles. The van der Waals surface area contributed by atoms with E-state index in [1.807, 2.05) is 0 Å². The average molecular weight is 372 g/mol. The zero-order valence-electron chi connectivity index (χ0n) is 14.1. The SMILES string of the molecule is CCC(=O)Nc1ccc(C(=O)NNC(=O)/C=C/c2ccc(Cl)cc2)cc1. The number of nitrogens with one attached hydrogen (secondary N) is 3. The summed E-state index contributed by atoms with van der Waals surface area (Å²) in [6, 6.07) is 13.3. The van der Waals surface area contributed by atoms with Crippen LogP contribution in [0.15, 0.2) is 54.6 Å². The van der Waals surface area contributed by atoms with Gasteiger partial charge in [0.05, 0.1) is 0 Å². The molecule has 2 aromatic carbocycles. The van der Waals surface area contributed by atoms with Gasteiger partial charge in [0.25, 0.3) is 11.8 Å². The fourth-order valence-corrected chi connectivity index (χ4v) is 2.06. The summed E-state index contributed by atoms with van der Waals surface area (Å²) in [5, 5.41) is 3.30. The van der Waals surface area contributed by atoms with Crippen molar-refractivity contribution in [1.82, 2.24) is 10.9 Å². The lowest BCUT2D eigenvalue weighted by atomic mass is 10.2. The Bertz CT molecular complexity index is 815. The van der Waals surface area contributed by atoms with E-state index in [-0.39, 0.29) is 5.91 Å². The number of amides is 3. The lowest BCUT2D eigenvalue weighted by Gasteiger charge is -2.07. The lowest BCUT2D eigenvalue weighted by molar-refractivity contribution is -0.117. The Labute approximate surface area is 156 Å². The number of rotatable bonds is 5. The van der Waals surface area contributed by atoms with Gasteiger partial charge < -0.3 is 5.32 Å². The van der Waals surface area contributed by atoms with Crippen molar-refractivity contribution in [2.75, 3.05) is 5.32 Å². The Kier molecular flexibility index (Phi) is 6.93. The summed E-state index contributed by atoms with van der Waals surface area (Å²) in [6.07, 6.45) is 3.27. The van der Waals surface area contributed by atoms with E-state index >= 15 is 0 Å². The van der Waals surface area contributed by atoms with Gasteiger partial charge in [-0.2, -0.15) is 0 Å². The van der Waals surface area contributed by atoms with Crippen LogP contribution in [0.1, 0.15) is 29.3 Å². The Morgan fingerprint density at radius 2 is 1.62 bits per heavy atom. The first-order chi connectivity index (χ1) is 12.5. The van der Waals surface area contributed by atoms with Crippen LogP contribution < -0.4 is 16.2 Å². The maximum absolute atomic E-state index is 12.0. The third kappa shape index (κ3) is 6.07. The molecule has 3 N–H and O–H groups in total. The Morgan fingerprint density at radius 1 is 0.962 bits per heavy atom. The topological polar surface area (TPSA) is 87.3 Å². The Hall–Kier alpha value is -3.12. The number of hydrogen-bond donors (Lipinski definition) is 3. The molecule has 0 aliphatic carbocycles. The number of benzene rings is 2. The minimum atomic E-state index is -0.472. The van der Waals surface area contributed by atoms with E-state index in [0.717, 1.165) is 5.56 Å². The van der Waals surface area contributed by atoms with Gasteiger partial charge in [0.1, 0.15) is 0 Å². The Balaban J connectivity index is 1.84. The summed E-state index contributed by atoms with van der Waals surface area (Å²) in [6.45, 7) is 1.75. The molecule has 3 amide bonds. The van der Waals surface area contributed by atoms with Crippen LogP contribution in [-0.4, -0.2) is 17.7 Å². The van der Waals surface area contributed by atoms with Gasteiger partial charge in [-0.05, 0) is 48.0 Å². The lowest BCUT2D eigenvalue weighted by Crippen LogP contribution is -2.40. The molecule has 26 heavy (non-hydrogen) atoms. The molecule has 0 aliphatic heterocycles. The minimum absolute atomic E-state index is 0.109. The molecule has 2 aromatic rings. The van der Waals surface area contributed by atoms with Gasteiger partial charge in [0, 0.05) is 28.8 Å². The van der Waals surface area contributed by atoms with E-state index in [9.17, 15) is 14.4 Å². The molecule has 2 rings (SSSR count). The molecule has 6 nitrogen and oxygen atoms in total. The molecule has 0 aliphatic rings. The third-order valence-corrected chi connectivity index (χ3v) is 3.60. The highest BCUT2D eigenvalue weighted by Gasteiger charge is 2.06. The van der Waals surface area contributed by atoms with Crippen molar-refractivity contribution < 1.29 is 14.4 Å².